The molecule has 3 unspecified atom stereocenters. The van der Waals surface area contributed by atoms with E-state index in [1.54, 1.807) is 20.1 Å². The first-order valence-electron chi connectivity index (χ1n) is 7.17. The van der Waals surface area contributed by atoms with Gasteiger partial charge in [-0.2, -0.15) is 0 Å². The van der Waals surface area contributed by atoms with E-state index in [1.807, 2.05) is 0 Å². The molecule has 21 heavy (non-hydrogen) atoms. The number of nitro groups is 1. The largest absolute Gasteiger partial charge is 0.490 e. The summed E-state index contributed by atoms with van der Waals surface area (Å²) in [5.41, 5.74) is 0.403. The van der Waals surface area contributed by atoms with E-state index in [1.165, 1.54) is 12.1 Å². The van der Waals surface area contributed by atoms with Gasteiger partial charge in [0.15, 0.2) is 0 Å². The first kappa shape index (κ1) is 15.7. The van der Waals surface area contributed by atoms with Crippen molar-refractivity contribution in [3.05, 3.63) is 33.9 Å². The zero-order valence-corrected chi connectivity index (χ0v) is 12.3. The predicted octanol–water partition coefficient (Wildman–Crippen LogP) is 2.98. The molecule has 0 spiro atoms. The van der Waals surface area contributed by atoms with Gasteiger partial charge in [-0.05, 0) is 32.3 Å². The van der Waals surface area contributed by atoms with Crippen LogP contribution in [-0.2, 0) is 4.74 Å². The average molecular weight is 295 g/mol. The second-order valence-corrected chi connectivity index (χ2v) is 5.42. The first-order chi connectivity index (χ1) is 10.0. The minimum atomic E-state index is -0.818. The van der Waals surface area contributed by atoms with Crippen LogP contribution in [0.25, 0.3) is 0 Å². The van der Waals surface area contributed by atoms with Gasteiger partial charge in [0.1, 0.15) is 11.9 Å². The number of nitro benzene ring substituents is 1. The Balaban J connectivity index is 2.17. The monoisotopic (exact) mass is 295 g/mol. The molecule has 0 radical (unpaired) electrons. The molecule has 6 heteroatoms. The maximum absolute atomic E-state index is 10.8. The standard InChI is InChI=1S/C15H21NO5/c1-10(17)14-8-11(16(18)19)6-7-15(14)21-13-5-3-4-12(9-13)20-2/h6-8,10,12-13,17H,3-5,9H2,1-2H3. The summed E-state index contributed by atoms with van der Waals surface area (Å²) < 4.78 is 11.3. The molecule has 1 aliphatic carbocycles. The summed E-state index contributed by atoms with van der Waals surface area (Å²) in [5, 5.41) is 20.6. The zero-order chi connectivity index (χ0) is 15.4. The van der Waals surface area contributed by atoms with E-state index in [0.717, 1.165) is 25.7 Å². The number of rotatable bonds is 5. The predicted molar refractivity (Wildman–Crippen MR) is 77.4 cm³/mol. The highest BCUT2D eigenvalue weighted by molar-refractivity contribution is 5.45. The molecule has 2 rings (SSSR count). The molecule has 6 nitrogen and oxygen atoms in total. The van der Waals surface area contributed by atoms with Crippen LogP contribution < -0.4 is 4.74 Å². The molecule has 1 fully saturated rings. The highest BCUT2D eigenvalue weighted by Crippen LogP contribution is 2.32. The van der Waals surface area contributed by atoms with Gasteiger partial charge in [-0.3, -0.25) is 10.1 Å². The summed E-state index contributed by atoms with van der Waals surface area (Å²) in [6.45, 7) is 1.57. The van der Waals surface area contributed by atoms with Crippen LogP contribution in [0.2, 0.25) is 0 Å². The Kier molecular flexibility index (Phi) is 5.14. The van der Waals surface area contributed by atoms with Crippen LogP contribution in [0.1, 0.15) is 44.3 Å². The molecule has 0 heterocycles. The molecule has 0 saturated heterocycles. The van der Waals surface area contributed by atoms with E-state index in [0.29, 0.717) is 11.3 Å². The van der Waals surface area contributed by atoms with Crippen LogP contribution >= 0.6 is 0 Å². The lowest BCUT2D eigenvalue weighted by Crippen LogP contribution is -2.29. The first-order valence-corrected chi connectivity index (χ1v) is 7.17. The number of ether oxygens (including phenoxy) is 2. The van der Waals surface area contributed by atoms with Crippen molar-refractivity contribution >= 4 is 5.69 Å². The Morgan fingerprint density at radius 1 is 1.38 bits per heavy atom. The van der Waals surface area contributed by atoms with Crippen LogP contribution in [0.3, 0.4) is 0 Å². The van der Waals surface area contributed by atoms with Gasteiger partial charge in [-0.25, -0.2) is 0 Å². The molecule has 116 valence electrons. The van der Waals surface area contributed by atoms with Crippen LogP contribution in [0.15, 0.2) is 18.2 Å². The minimum Gasteiger partial charge on any atom is -0.490 e. The van der Waals surface area contributed by atoms with Crippen LogP contribution in [0.4, 0.5) is 5.69 Å². The third-order valence-electron chi connectivity index (χ3n) is 3.86. The van der Waals surface area contributed by atoms with Gasteiger partial charge in [0.05, 0.1) is 17.1 Å². The average Bonchev–Trinajstić information content (AvgIpc) is 2.47. The van der Waals surface area contributed by atoms with Crippen molar-refractivity contribution in [2.45, 2.75) is 50.9 Å². The third kappa shape index (κ3) is 3.92. The maximum atomic E-state index is 10.8. The number of methoxy groups -OCH3 is 1. The lowest BCUT2D eigenvalue weighted by atomic mass is 9.94. The topological polar surface area (TPSA) is 81.8 Å². The number of hydrogen-bond acceptors (Lipinski definition) is 5. The lowest BCUT2D eigenvalue weighted by Gasteiger charge is -2.29. The van der Waals surface area contributed by atoms with Gasteiger partial charge in [-0.15, -0.1) is 0 Å². The summed E-state index contributed by atoms with van der Waals surface area (Å²) in [4.78, 5) is 10.4. The molecule has 1 aromatic carbocycles. The van der Waals surface area contributed by atoms with Crippen molar-refractivity contribution < 1.29 is 19.5 Å². The molecular weight excluding hydrogens is 274 g/mol. The zero-order valence-electron chi connectivity index (χ0n) is 12.3. The quantitative estimate of drug-likeness (QED) is 0.667. The second-order valence-electron chi connectivity index (χ2n) is 5.42. The van der Waals surface area contributed by atoms with E-state index in [2.05, 4.69) is 0 Å². The van der Waals surface area contributed by atoms with E-state index < -0.39 is 11.0 Å². The van der Waals surface area contributed by atoms with E-state index >= 15 is 0 Å². The summed E-state index contributed by atoms with van der Waals surface area (Å²) in [7, 11) is 1.69. The summed E-state index contributed by atoms with van der Waals surface area (Å²) in [6.07, 6.45) is 3.17. The summed E-state index contributed by atoms with van der Waals surface area (Å²) >= 11 is 0. The highest BCUT2D eigenvalue weighted by Gasteiger charge is 2.25. The molecule has 0 aromatic heterocycles. The number of aliphatic hydroxyl groups is 1. The van der Waals surface area contributed by atoms with Gasteiger partial charge < -0.3 is 14.6 Å². The van der Waals surface area contributed by atoms with Gasteiger partial charge in [0, 0.05) is 31.2 Å². The molecule has 1 N–H and O–H groups in total. The fourth-order valence-corrected chi connectivity index (χ4v) is 2.69. The fourth-order valence-electron chi connectivity index (χ4n) is 2.69. The number of aliphatic hydroxyl groups excluding tert-OH is 1. The van der Waals surface area contributed by atoms with Crippen LogP contribution in [0.5, 0.6) is 5.75 Å². The Bertz CT molecular complexity index is 503. The van der Waals surface area contributed by atoms with E-state index in [-0.39, 0.29) is 17.9 Å². The van der Waals surface area contributed by atoms with Crippen molar-refractivity contribution in [3.8, 4) is 5.75 Å². The van der Waals surface area contributed by atoms with Crippen molar-refractivity contribution in [2.24, 2.45) is 0 Å². The molecule has 0 bridgehead atoms. The number of nitrogens with zero attached hydrogens (tertiary/aromatic N) is 1. The van der Waals surface area contributed by atoms with E-state index in [4.69, 9.17) is 9.47 Å². The third-order valence-corrected chi connectivity index (χ3v) is 3.86. The minimum absolute atomic E-state index is 0.0163. The SMILES string of the molecule is COC1CCCC(Oc2ccc([N+](=O)[O-])cc2C(C)O)C1. The van der Waals surface area contributed by atoms with Gasteiger partial charge in [0.25, 0.3) is 5.69 Å². The van der Waals surface area contributed by atoms with Crippen molar-refractivity contribution in [1.29, 1.82) is 0 Å². The Labute approximate surface area is 123 Å². The Morgan fingerprint density at radius 3 is 2.71 bits per heavy atom. The van der Waals surface area contributed by atoms with Crippen molar-refractivity contribution in [1.82, 2.24) is 0 Å². The lowest BCUT2D eigenvalue weighted by molar-refractivity contribution is -0.385. The highest BCUT2D eigenvalue weighted by atomic mass is 16.6. The van der Waals surface area contributed by atoms with Crippen molar-refractivity contribution in [2.75, 3.05) is 7.11 Å². The van der Waals surface area contributed by atoms with Crippen molar-refractivity contribution in [3.63, 3.8) is 0 Å². The van der Waals surface area contributed by atoms with E-state index in [9.17, 15) is 15.2 Å². The Morgan fingerprint density at radius 2 is 2.10 bits per heavy atom. The van der Waals surface area contributed by atoms with Crippen LogP contribution in [-0.4, -0.2) is 29.3 Å². The normalized spacial score (nSPS) is 23.6. The molecular formula is C15H21NO5. The van der Waals surface area contributed by atoms with Gasteiger partial charge in [0.2, 0.25) is 0 Å². The maximum Gasteiger partial charge on any atom is 0.270 e. The summed E-state index contributed by atoms with van der Waals surface area (Å²) in [5.74, 6) is 0.511. The van der Waals surface area contributed by atoms with Gasteiger partial charge >= 0.3 is 0 Å². The number of benzene rings is 1. The molecule has 1 saturated carbocycles. The number of hydrogen-bond donors (Lipinski definition) is 1. The van der Waals surface area contributed by atoms with Gasteiger partial charge in [-0.1, -0.05) is 0 Å². The molecule has 3 atom stereocenters. The number of non-ortho nitro benzene ring substituents is 1. The fraction of sp³-hybridized carbons (Fsp3) is 0.600. The second kappa shape index (κ2) is 6.87. The molecule has 1 aliphatic rings. The smallest absolute Gasteiger partial charge is 0.270 e. The summed E-state index contributed by atoms with van der Waals surface area (Å²) in [6, 6.07) is 4.34. The van der Waals surface area contributed by atoms with Crippen LogP contribution in [0, 0.1) is 10.1 Å². The molecule has 1 aromatic rings. The molecule has 0 amide bonds. The molecule has 0 aliphatic heterocycles. The Hall–Kier alpha value is -1.66.